The maximum atomic E-state index is 9.40. The van der Waals surface area contributed by atoms with Crippen LogP contribution >= 0.6 is 0 Å². The van der Waals surface area contributed by atoms with Crippen molar-refractivity contribution in [1.82, 2.24) is 15.1 Å². The summed E-state index contributed by atoms with van der Waals surface area (Å²) in [4.78, 5) is 0. The van der Waals surface area contributed by atoms with Crippen molar-refractivity contribution in [3.05, 3.63) is 35.5 Å². The zero-order valence-electron chi connectivity index (χ0n) is 11.3. The van der Waals surface area contributed by atoms with Crippen molar-refractivity contribution in [2.45, 2.75) is 32.9 Å². The van der Waals surface area contributed by atoms with Crippen LogP contribution in [0.5, 0.6) is 5.75 Å². The molecule has 1 aliphatic heterocycles. The van der Waals surface area contributed by atoms with E-state index in [2.05, 4.69) is 23.8 Å². The largest absolute Gasteiger partial charge is 0.508 e. The van der Waals surface area contributed by atoms with E-state index in [4.69, 9.17) is 5.10 Å². The third-order valence-electron chi connectivity index (χ3n) is 3.59. The van der Waals surface area contributed by atoms with Crippen molar-refractivity contribution in [2.75, 3.05) is 6.54 Å². The van der Waals surface area contributed by atoms with Crippen LogP contribution in [0, 0.1) is 0 Å². The standard InChI is InChI=1S/C15H19N3O/c1-10(2)18-14-7-8-16-9-13(14)15(17-18)11-3-5-12(19)6-4-11/h3-6,10,16,19H,7-9H2,1-2H3. The summed E-state index contributed by atoms with van der Waals surface area (Å²) in [5.41, 5.74) is 4.75. The van der Waals surface area contributed by atoms with Crippen LogP contribution in [0.3, 0.4) is 0 Å². The van der Waals surface area contributed by atoms with E-state index in [-0.39, 0.29) is 0 Å². The lowest BCUT2D eigenvalue weighted by atomic mass is 10.0. The van der Waals surface area contributed by atoms with Gasteiger partial charge in [0.2, 0.25) is 0 Å². The van der Waals surface area contributed by atoms with Crippen LogP contribution in [-0.4, -0.2) is 21.4 Å². The van der Waals surface area contributed by atoms with Crippen LogP contribution in [0.25, 0.3) is 11.3 Å². The van der Waals surface area contributed by atoms with Crippen molar-refractivity contribution in [2.24, 2.45) is 0 Å². The lowest BCUT2D eigenvalue weighted by molar-refractivity contribution is 0.475. The van der Waals surface area contributed by atoms with Crippen LogP contribution in [0.4, 0.5) is 0 Å². The molecule has 0 saturated heterocycles. The van der Waals surface area contributed by atoms with Crippen LogP contribution < -0.4 is 5.32 Å². The van der Waals surface area contributed by atoms with E-state index in [1.807, 2.05) is 12.1 Å². The van der Waals surface area contributed by atoms with E-state index in [1.54, 1.807) is 12.1 Å². The van der Waals surface area contributed by atoms with Crippen LogP contribution in [0.2, 0.25) is 0 Å². The van der Waals surface area contributed by atoms with Gasteiger partial charge in [0.1, 0.15) is 5.75 Å². The number of hydrogen-bond acceptors (Lipinski definition) is 3. The molecular formula is C15H19N3O. The molecule has 19 heavy (non-hydrogen) atoms. The summed E-state index contributed by atoms with van der Waals surface area (Å²) in [7, 11) is 0. The Balaban J connectivity index is 2.13. The van der Waals surface area contributed by atoms with E-state index in [0.29, 0.717) is 11.8 Å². The van der Waals surface area contributed by atoms with Gasteiger partial charge in [0, 0.05) is 42.4 Å². The van der Waals surface area contributed by atoms with Gasteiger partial charge in [-0.25, -0.2) is 0 Å². The maximum absolute atomic E-state index is 9.40. The predicted octanol–water partition coefficient (Wildman–Crippen LogP) is 2.48. The zero-order valence-corrected chi connectivity index (χ0v) is 11.3. The molecule has 1 aliphatic rings. The van der Waals surface area contributed by atoms with Crippen LogP contribution in [0.15, 0.2) is 24.3 Å². The van der Waals surface area contributed by atoms with Crippen LogP contribution in [0.1, 0.15) is 31.1 Å². The molecule has 2 heterocycles. The quantitative estimate of drug-likeness (QED) is 0.869. The molecule has 0 spiro atoms. The molecule has 0 bridgehead atoms. The normalized spacial score (nSPS) is 14.7. The number of hydrogen-bond donors (Lipinski definition) is 2. The van der Waals surface area contributed by atoms with Gasteiger partial charge in [-0.1, -0.05) is 0 Å². The molecule has 0 radical (unpaired) electrons. The molecule has 0 saturated carbocycles. The van der Waals surface area contributed by atoms with E-state index >= 15 is 0 Å². The summed E-state index contributed by atoms with van der Waals surface area (Å²) >= 11 is 0. The first-order valence-corrected chi connectivity index (χ1v) is 6.77. The van der Waals surface area contributed by atoms with Gasteiger partial charge in [-0.05, 0) is 38.1 Å². The summed E-state index contributed by atoms with van der Waals surface area (Å²) in [5, 5.41) is 17.6. The Kier molecular flexibility index (Phi) is 3.03. The highest BCUT2D eigenvalue weighted by Gasteiger charge is 2.22. The number of fused-ring (bicyclic) bond motifs is 1. The molecule has 4 nitrogen and oxygen atoms in total. The number of aromatic nitrogens is 2. The molecule has 1 aromatic carbocycles. The number of benzene rings is 1. The Hall–Kier alpha value is -1.81. The minimum atomic E-state index is 0.291. The molecule has 100 valence electrons. The molecule has 0 unspecified atom stereocenters. The monoisotopic (exact) mass is 257 g/mol. The zero-order chi connectivity index (χ0) is 13.4. The minimum absolute atomic E-state index is 0.291. The average Bonchev–Trinajstić information content (AvgIpc) is 2.79. The number of nitrogens with one attached hydrogen (secondary N) is 1. The second-order valence-electron chi connectivity index (χ2n) is 5.29. The minimum Gasteiger partial charge on any atom is -0.508 e. The van der Waals surface area contributed by atoms with E-state index in [0.717, 1.165) is 30.8 Å². The smallest absolute Gasteiger partial charge is 0.115 e. The number of phenols is 1. The van der Waals surface area contributed by atoms with Gasteiger partial charge < -0.3 is 10.4 Å². The van der Waals surface area contributed by atoms with Gasteiger partial charge in [0.05, 0.1) is 5.69 Å². The Morgan fingerprint density at radius 3 is 2.68 bits per heavy atom. The third kappa shape index (κ3) is 2.12. The summed E-state index contributed by atoms with van der Waals surface area (Å²) in [6.07, 6.45) is 1.03. The Morgan fingerprint density at radius 1 is 1.26 bits per heavy atom. The molecule has 1 aromatic heterocycles. The molecule has 3 rings (SSSR count). The second kappa shape index (κ2) is 4.70. The van der Waals surface area contributed by atoms with Crippen molar-refractivity contribution in [3.8, 4) is 17.0 Å². The summed E-state index contributed by atoms with van der Waals surface area (Å²) in [6.45, 7) is 6.21. The number of rotatable bonds is 2. The number of nitrogens with zero attached hydrogens (tertiary/aromatic N) is 2. The van der Waals surface area contributed by atoms with Crippen molar-refractivity contribution < 1.29 is 5.11 Å². The van der Waals surface area contributed by atoms with E-state index in [1.165, 1.54) is 11.3 Å². The number of phenolic OH excluding ortho intramolecular Hbond substituents is 1. The molecule has 0 atom stereocenters. The fourth-order valence-electron chi connectivity index (χ4n) is 2.65. The van der Waals surface area contributed by atoms with Crippen molar-refractivity contribution in [3.63, 3.8) is 0 Å². The lowest BCUT2D eigenvalue weighted by Gasteiger charge is -2.17. The fraction of sp³-hybridized carbons (Fsp3) is 0.400. The number of aromatic hydroxyl groups is 1. The first-order chi connectivity index (χ1) is 9.16. The van der Waals surface area contributed by atoms with Gasteiger partial charge in [-0.3, -0.25) is 4.68 Å². The van der Waals surface area contributed by atoms with E-state index in [9.17, 15) is 5.11 Å². The second-order valence-corrected chi connectivity index (χ2v) is 5.29. The highest BCUT2D eigenvalue weighted by atomic mass is 16.3. The van der Waals surface area contributed by atoms with Gasteiger partial charge in [0.15, 0.2) is 0 Å². The molecule has 2 aromatic rings. The lowest BCUT2D eigenvalue weighted by Crippen LogP contribution is -2.25. The highest BCUT2D eigenvalue weighted by Crippen LogP contribution is 2.30. The first-order valence-electron chi connectivity index (χ1n) is 6.77. The van der Waals surface area contributed by atoms with Gasteiger partial charge in [-0.2, -0.15) is 5.10 Å². The molecule has 0 fully saturated rings. The average molecular weight is 257 g/mol. The molecule has 0 aliphatic carbocycles. The fourth-order valence-corrected chi connectivity index (χ4v) is 2.65. The Morgan fingerprint density at radius 2 is 2.00 bits per heavy atom. The highest BCUT2D eigenvalue weighted by molar-refractivity contribution is 5.65. The SMILES string of the molecule is CC(C)n1nc(-c2ccc(O)cc2)c2c1CCNC2. The third-order valence-corrected chi connectivity index (χ3v) is 3.59. The van der Waals surface area contributed by atoms with Crippen molar-refractivity contribution in [1.29, 1.82) is 0 Å². The summed E-state index contributed by atoms with van der Waals surface area (Å²) in [6, 6.07) is 7.66. The Labute approximate surface area is 113 Å². The molecule has 4 heteroatoms. The maximum Gasteiger partial charge on any atom is 0.115 e. The summed E-state index contributed by atoms with van der Waals surface area (Å²) < 4.78 is 2.14. The Bertz CT molecular complexity index is 584. The van der Waals surface area contributed by atoms with Crippen molar-refractivity contribution >= 4 is 0 Å². The van der Waals surface area contributed by atoms with Gasteiger partial charge in [-0.15, -0.1) is 0 Å². The van der Waals surface area contributed by atoms with E-state index < -0.39 is 0 Å². The first kappa shape index (κ1) is 12.2. The molecular weight excluding hydrogens is 238 g/mol. The van der Waals surface area contributed by atoms with Gasteiger partial charge in [0.25, 0.3) is 0 Å². The molecule has 2 N–H and O–H groups in total. The summed E-state index contributed by atoms with van der Waals surface area (Å²) in [5.74, 6) is 0.291. The molecule has 0 amide bonds. The predicted molar refractivity (Wildman–Crippen MR) is 75.1 cm³/mol. The van der Waals surface area contributed by atoms with Crippen LogP contribution in [-0.2, 0) is 13.0 Å². The topological polar surface area (TPSA) is 50.1 Å². The van der Waals surface area contributed by atoms with Gasteiger partial charge >= 0.3 is 0 Å².